The molecule has 2 N–H and O–H groups in total. The van der Waals surface area contributed by atoms with Crippen molar-refractivity contribution in [1.29, 1.82) is 0 Å². The molecule has 2 heterocycles. The number of carboxylic acid groups (broad SMARTS) is 1. The highest BCUT2D eigenvalue weighted by molar-refractivity contribution is 5.78. The first-order chi connectivity index (χ1) is 7.59. The number of aliphatic hydroxyl groups excluding tert-OH is 1. The van der Waals surface area contributed by atoms with E-state index in [1.165, 1.54) is 11.1 Å². The first-order valence-electron chi connectivity index (χ1n) is 4.95. The Labute approximate surface area is 91.9 Å². The zero-order chi connectivity index (χ0) is 11.7. The van der Waals surface area contributed by atoms with E-state index in [1.54, 1.807) is 18.2 Å². The van der Waals surface area contributed by atoms with E-state index in [0.29, 0.717) is 4.73 Å². The third kappa shape index (κ3) is 1.79. The number of hydrogen-bond donors (Lipinski definition) is 2. The summed E-state index contributed by atoms with van der Waals surface area (Å²) in [7, 11) is 0. The molecule has 1 aromatic heterocycles. The summed E-state index contributed by atoms with van der Waals surface area (Å²) in [5, 5.41) is 29.9. The largest absolute Gasteiger partial charge is 0.711 e. The minimum atomic E-state index is -1.03. The van der Waals surface area contributed by atoms with E-state index in [2.05, 4.69) is 0 Å². The van der Waals surface area contributed by atoms with Gasteiger partial charge in [0.15, 0.2) is 6.04 Å². The van der Waals surface area contributed by atoms with Crippen molar-refractivity contribution in [2.75, 3.05) is 11.4 Å². The molecular formula is C10H12N2O4. The molecule has 6 nitrogen and oxygen atoms in total. The second kappa shape index (κ2) is 3.97. The van der Waals surface area contributed by atoms with Crippen LogP contribution in [0.1, 0.15) is 6.42 Å². The normalized spacial score (nSPS) is 24.7. The molecule has 1 saturated heterocycles. The molecule has 0 aromatic carbocycles. The Bertz CT molecular complexity index is 410. The molecule has 2 atom stereocenters. The molecule has 1 unspecified atom stereocenters. The van der Waals surface area contributed by atoms with Gasteiger partial charge < -0.3 is 15.4 Å². The number of rotatable bonds is 2. The lowest BCUT2D eigenvalue weighted by Crippen LogP contribution is -2.43. The van der Waals surface area contributed by atoms with E-state index < -0.39 is 18.1 Å². The van der Waals surface area contributed by atoms with Gasteiger partial charge >= 0.3 is 5.97 Å². The zero-order valence-electron chi connectivity index (χ0n) is 8.48. The minimum absolute atomic E-state index is 0.143. The summed E-state index contributed by atoms with van der Waals surface area (Å²) < 4.78 is 0.605. The average Bonchev–Trinajstić information content (AvgIpc) is 2.61. The van der Waals surface area contributed by atoms with E-state index in [0.717, 1.165) is 0 Å². The van der Waals surface area contributed by atoms with Crippen LogP contribution >= 0.6 is 0 Å². The lowest BCUT2D eigenvalue weighted by atomic mass is 10.2. The maximum atomic E-state index is 11.5. The van der Waals surface area contributed by atoms with Crippen molar-refractivity contribution in [1.82, 2.24) is 0 Å². The van der Waals surface area contributed by atoms with Gasteiger partial charge in [-0.1, -0.05) is 6.07 Å². The summed E-state index contributed by atoms with van der Waals surface area (Å²) in [6, 6.07) is 3.94. The predicted molar refractivity (Wildman–Crippen MR) is 54.8 cm³/mol. The molecule has 1 aliphatic rings. The Balaban J connectivity index is 2.33. The number of carbonyl (C=O) groups is 1. The van der Waals surface area contributed by atoms with Gasteiger partial charge in [-0.25, -0.2) is 14.4 Å². The van der Waals surface area contributed by atoms with Gasteiger partial charge in [-0.05, 0) is 6.07 Å². The third-order valence-electron chi connectivity index (χ3n) is 2.66. The van der Waals surface area contributed by atoms with Gasteiger partial charge in [0.25, 0.3) is 5.82 Å². The van der Waals surface area contributed by atoms with E-state index in [-0.39, 0.29) is 18.8 Å². The van der Waals surface area contributed by atoms with Crippen molar-refractivity contribution in [2.24, 2.45) is 0 Å². The van der Waals surface area contributed by atoms with Crippen LogP contribution in [0.4, 0.5) is 5.82 Å². The Hall–Kier alpha value is -1.82. The number of aliphatic carboxylic acids is 1. The molecule has 2 rings (SSSR count). The van der Waals surface area contributed by atoms with Crippen LogP contribution in [0.2, 0.25) is 0 Å². The maximum absolute atomic E-state index is 11.5. The first-order valence-corrected chi connectivity index (χ1v) is 4.95. The van der Waals surface area contributed by atoms with Gasteiger partial charge in [0.05, 0.1) is 12.3 Å². The molecule has 0 spiro atoms. The molecule has 16 heavy (non-hydrogen) atoms. The molecule has 1 fully saturated rings. The number of hydrogen-bond acceptors (Lipinski definition) is 4. The highest BCUT2D eigenvalue weighted by Gasteiger charge is 2.42. The van der Waals surface area contributed by atoms with Gasteiger partial charge in [0, 0.05) is 12.5 Å². The molecule has 6 heteroatoms. The lowest BCUT2D eigenvalue weighted by Gasteiger charge is -2.19. The molecule has 1 aromatic rings. The van der Waals surface area contributed by atoms with Gasteiger partial charge in [-0.3, -0.25) is 0 Å². The summed E-state index contributed by atoms with van der Waals surface area (Å²) in [5.74, 6) is -0.771. The van der Waals surface area contributed by atoms with Gasteiger partial charge in [0.2, 0.25) is 0 Å². The maximum Gasteiger partial charge on any atom is 0.349 e. The monoisotopic (exact) mass is 224 g/mol. The first kappa shape index (κ1) is 10.7. The van der Waals surface area contributed by atoms with Gasteiger partial charge in [-0.2, -0.15) is 0 Å². The second-order valence-electron chi connectivity index (χ2n) is 3.78. The minimum Gasteiger partial charge on any atom is -0.711 e. The Morgan fingerprint density at radius 1 is 1.56 bits per heavy atom. The van der Waals surface area contributed by atoms with Crippen LogP contribution in [0.3, 0.4) is 0 Å². The quantitative estimate of drug-likeness (QED) is 0.514. The number of pyridine rings is 1. The highest BCUT2D eigenvalue weighted by Crippen LogP contribution is 2.22. The molecular weight excluding hydrogens is 212 g/mol. The zero-order valence-corrected chi connectivity index (χ0v) is 8.48. The SMILES string of the molecule is O=C(O)[C@@H]1CC(O)CN1c1cccc[n+]1[O-]. The van der Waals surface area contributed by atoms with Crippen LogP contribution < -0.4 is 9.63 Å². The summed E-state index contributed by atoms with van der Waals surface area (Å²) in [6.45, 7) is 0.170. The fraction of sp³-hybridized carbons (Fsp3) is 0.400. The molecule has 0 radical (unpaired) electrons. The number of aromatic nitrogens is 1. The number of β-amino-alcohol motifs (C(OH)–C–C–N with tert-alkyl or cyclic N) is 1. The predicted octanol–water partition coefficient (Wildman–Crippen LogP) is -0.656. The number of anilines is 1. The summed E-state index contributed by atoms with van der Waals surface area (Å²) >= 11 is 0. The highest BCUT2D eigenvalue weighted by atomic mass is 16.5. The fourth-order valence-corrected chi connectivity index (χ4v) is 1.94. The van der Waals surface area contributed by atoms with Crippen molar-refractivity contribution in [3.63, 3.8) is 0 Å². The number of aliphatic hydroxyl groups is 1. The van der Waals surface area contributed by atoms with E-state index >= 15 is 0 Å². The molecule has 0 saturated carbocycles. The van der Waals surface area contributed by atoms with E-state index in [9.17, 15) is 15.1 Å². The van der Waals surface area contributed by atoms with Crippen molar-refractivity contribution < 1.29 is 19.7 Å². The van der Waals surface area contributed by atoms with Crippen LogP contribution in [0.15, 0.2) is 24.4 Å². The Morgan fingerprint density at radius 3 is 2.94 bits per heavy atom. The van der Waals surface area contributed by atoms with Crippen LogP contribution in [-0.4, -0.2) is 34.9 Å². The Morgan fingerprint density at radius 2 is 2.31 bits per heavy atom. The molecule has 86 valence electrons. The number of nitrogens with zero attached hydrogens (tertiary/aromatic N) is 2. The Kier molecular flexibility index (Phi) is 2.66. The second-order valence-corrected chi connectivity index (χ2v) is 3.78. The van der Waals surface area contributed by atoms with E-state index in [1.807, 2.05) is 0 Å². The smallest absolute Gasteiger partial charge is 0.349 e. The van der Waals surface area contributed by atoms with Crippen molar-refractivity contribution in [3.8, 4) is 0 Å². The summed E-state index contributed by atoms with van der Waals surface area (Å²) in [5.41, 5.74) is 0. The number of carboxylic acids is 1. The van der Waals surface area contributed by atoms with E-state index in [4.69, 9.17) is 5.11 Å². The molecule has 0 bridgehead atoms. The molecule has 1 aliphatic heterocycles. The van der Waals surface area contributed by atoms with Crippen LogP contribution in [0.25, 0.3) is 0 Å². The van der Waals surface area contributed by atoms with Crippen molar-refractivity contribution in [2.45, 2.75) is 18.6 Å². The fourth-order valence-electron chi connectivity index (χ4n) is 1.94. The molecule has 0 amide bonds. The van der Waals surface area contributed by atoms with Gasteiger partial charge in [-0.15, -0.1) is 0 Å². The average molecular weight is 224 g/mol. The van der Waals surface area contributed by atoms with Gasteiger partial charge in [0.1, 0.15) is 6.54 Å². The topological polar surface area (TPSA) is 87.7 Å². The van der Waals surface area contributed by atoms with Crippen molar-refractivity contribution in [3.05, 3.63) is 29.6 Å². The summed E-state index contributed by atoms with van der Waals surface area (Å²) in [4.78, 5) is 12.4. The summed E-state index contributed by atoms with van der Waals surface area (Å²) in [6.07, 6.45) is 0.740. The van der Waals surface area contributed by atoms with Crippen molar-refractivity contribution >= 4 is 11.8 Å². The van der Waals surface area contributed by atoms with Crippen LogP contribution in [0, 0.1) is 5.21 Å². The van der Waals surface area contributed by atoms with Crippen LogP contribution in [-0.2, 0) is 4.79 Å². The van der Waals surface area contributed by atoms with Crippen LogP contribution in [0.5, 0.6) is 0 Å². The lowest BCUT2D eigenvalue weighted by molar-refractivity contribution is -0.592. The third-order valence-corrected chi connectivity index (χ3v) is 2.66. The standard InChI is InChI=1S/C10H12N2O4/c13-7-5-8(10(14)15)11(6-7)9-3-1-2-4-12(9)16/h1-4,7-8,13H,5-6H2,(H,14,15)/t7?,8-/m0/s1. The molecule has 0 aliphatic carbocycles.